The second-order valence-electron chi connectivity index (χ2n) is 7.99. The van der Waals surface area contributed by atoms with Gasteiger partial charge in [-0.15, -0.1) is 10.2 Å². The lowest BCUT2D eigenvalue weighted by molar-refractivity contribution is -0.137. The number of alkyl carbamates (subject to hydrolysis) is 1. The molecule has 0 bridgehead atoms. The van der Waals surface area contributed by atoms with Crippen molar-refractivity contribution in [1.29, 1.82) is 0 Å². The van der Waals surface area contributed by atoms with Gasteiger partial charge in [0.25, 0.3) is 0 Å². The normalized spacial score (nSPS) is 16.2. The molecule has 9 nitrogen and oxygen atoms in total. The van der Waals surface area contributed by atoms with Gasteiger partial charge in [-0.25, -0.2) is 4.79 Å². The minimum atomic E-state index is -4.64. The van der Waals surface area contributed by atoms with Crippen molar-refractivity contribution in [2.24, 2.45) is 0 Å². The molecule has 34 heavy (non-hydrogen) atoms. The molecule has 1 aliphatic rings. The first-order valence-corrected chi connectivity index (χ1v) is 10.7. The van der Waals surface area contributed by atoms with Gasteiger partial charge in [0.2, 0.25) is 0 Å². The summed E-state index contributed by atoms with van der Waals surface area (Å²) in [4.78, 5) is 11.7. The van der Waals surface area contributed by atoms with Crippen LogP contribution in [0.15, 0.2) is 12.1 Å². The van der Waals surface area contributed by atoms with E-state index in [-0.39, 0.29) is 36.0 Å². The highest BCUT2D eigenvalue weighted by atomic mass is 19.4. The summed E-state index contributed by atoms with van der Waals surface area (Å²) in [7, 11) is 2.58. The van der Waals surface area contributed by atoms with Gasteiger partial charge >= 0.3 is 12.3 Å². The van der Waals surface area contributed by atoms with Crippen molar-refractivity contribution in [2.45, 2.75) is 45.1 Å². The van der Waals surface area contributed by atoms with Crippen molar-refractivity contribution in [3.63, 3.8) is 0 Å². The minimum Gasteiger partial charge on any atom is -0.507 e. The van der Waals surface area contributed by atoms with Crippen LogP contribution in [0.3, 0.4) is 0 Å². The predicted octanol–water partition coefficient (Wildman–Crippen LogP) is 3.34. The Morgan fingerprint density at radius 2 is 2.06 bits per heavy atom. The lowest BCUT2D eigenvalue weighted by Gasteiger charge is -2.26. The second-order valence-corrected chi connectivity index (χ2v) is 7.99. The van der Waals surface area contributed by atoms with Crippen molar-refractivity contribution >= 4 is 11.9 Å². The largest absolute Gasteiger partial charge is 0.507 e. The number of ether oxygens (including phenoxy) is 2. The molecular weight excluding hydrogens is 455 g/mol. The third-order valence-electron chi connectivity index (χ3n) is 5.64. The number of amides is 1. The molecule has 1 aromatic heterocycles. The summed E-state index contributed by atoms with van der Waals surface area (Å²) in [6.45, 7) is 3.20. The number of carbonyl (C=O) groups is 1. The maximum absolute atomic E-state index is 13.3. The van der Waals surface area contributed by atoms with E-state index in [0.717, 1.165) is 32.0 Å². The fourth-order valence-electron chi connectivity index (χ4n) is 3.92. The van der Waals surface area contributed by atoms with Crippen molar-refractivity contribution in [3.8, 4) is 17.0 Å². The van der Waals surface area contributed by atoms with Gasteiger partial charge in [-0.2, -0.15) is 13.2 Å². The molecule has 3 rings (SSSR count). The lowest BCUT2D eigenvalue weighted by atomic mass is 9.95. The number of methoxy groups -OCH3 is 2. The summed E-state index contributed by atoms with van der Waals surface area (Å²) in [5.74, 6) is -0.158. The summed E-state index contributed by atoms with van der Waals surface area (Å²) in [6, 6.07) is 1.67. The number of phenolic OH excluding ortho intramolecular Hbond substituents is 1. The highest BCUT2D eigenvalue weighted by Crippen LogP contribution is 2.40. The number of anilines is 1. The fraction of sp³-hybridized carbons (Fsp3) is 0.500. The van der Waals surface area contributed by atoms with Gasteiger partial charge in [0.15, 0.2) is 5.82 Å². The van der Waals surface area contributed by atoms with Crippen LogP contribution in [0.1, 0.15) is 35.1 Å². The number of hydrogen-bond donors (Lipinski definition) is 4. The molecule has 1 atom stereocenters. The molecule has 0 saturated carbocycles. The van der Waals surface area contributed by atoms with Gasteiger partial charge in [-0.05, 0) is 49.6 Å². The van der Waals surface area contributed by atoms with Gasteiger partial charge in [0.1, 0.15) is 11.4 Å². The van der Waals surface area contributed by atoms with Crippen molar-refractivity contribution < 1.29 is 32.5 Å². The van der Waals surface area contributed by atoms with E-state index in [1.54, 1.807) is 6.92 Å². The monoisotopic (exact) mass is 483 g/mol. The Labute approximate surface area is 195 Å². The summed E-state index contributed by atoms with van der Waals surface area (Å²) >= 11 is 0. The molecule has 2 aromatic rings. The zero-order chi connectivity index (χ0) is 24.9. The van der Waals surface area contributed by atoms with Crippen LogP contribution in [0.5, 0.6) is 5.75 Å². The predicted molar refractivity (Wildman–Crippen MR) is 118 cm³/mol. The minimum absolute atomic E-state index is 0.0323. The molecule has 1 unspecified atom stereocenters. The van der Waals surface area contributed by atoms with Crippen molar-refractivity contribution in [2.75, 3.05) is 32.6 Å². The molecule has 1 aromatic carbocycles. The first-order chi connectivity index (χ1) is 16.2. The summed E-state index contributed by atoms with van der Waals surface area (Å²) in [5, 5.41) is 28.3. The number of nitrogens with zero attached hydrogens (tertiary/aromatic N) is 2. The number of aromatic hydroxyl groups is 1. The average Bonchev–Trinajstić information content (AvgIpc) is 2.79. The standard InChI is InChI=1S/C22H28F3N5O4/c1-12-16(10-27-21(32)34-3)20(28-15-5-4-6-26-9-15)30-29-19(12)18-13(11-33-2)7-14(8-17(18)31)22(23,24)25/h7-8,15,26,31H,4-6,9-11H2,1-3H3,(H,27,32)(H,28,30). The van der Waals surface area contributed by atoms with Gasteiger partial charge in [-0.1, -0.05) is 0 Å². The fourth-order valence-corrected chi connectivity index (χ4v) is 3.92. The maximum Gasteiger partial charge on any atom is 0.416 e. The zero-order valence-corrected chi connectivity index (χ0v) is 19.2. The molecule has 12 heteroatoms. The molecule has 1 amide bonds. The van der Waals surface area contributed by atoms with E-state index >= 15 is 0 Å². The average molecular weight is 483 g/mol. The Morgan fingerprint density at radius 1 is 1.29 bits per heavy atom. The smallest absolute Gasteiger partial charge is 0.416 e. The van der Waals surface area contributed by atoms with Crippen LogP contribution in [0, 0.1) is 6.92 Å². The van der Waals surface area contributed by atoms with Crippen LogP contribution >= 0.6 is 0 Å². The summed E-state index contributed by atoms with van der Waals surface area (Å²) in [6.07, 6.45) is -3.40. The number of nitrogens with one attached hydrogen (secondary N) is 3. The Kier molecular flexibility index (Phi) is 8.15. The molecule has 2 heterocycles. The number of hydrogen-bond acceptors (Lipinski definition) is 8. The third kappa shape index (κ3) is 5.86. The Morgan fingerprint density at radius 3 is 2.68 bits per heavy atom. The lowest BCUT2D eigenvalue weighted by Crippen LogP contribution is -2.39. The Bertz CT molecular complexity index is 1030. The van der Waals surface area contributed by atoms with Gasteiger partial charge < -0.3 is 30.5 Å². The first-order valence-electron chi connectivity index (χ1n) is 10.7. The van der Waals surface area contributed by atoms with Crippen LogP contribution in [-0.2, 0) is 28.8 Å². The van der Waals surface area contributed by atoms with E-state index in [4.69, 9.17) is 4.74 Å². The number of rotatable bonds is 7. The van der Waals surface area contributed by atoms with Gasteiger partial charge in [0.05, 0.1) is 25.8 Å². The second kappa shape index (κ2) is 10.9. The molecule has 186 valence electrons. The van der Waals surface area contributed by atoms with Gasteiger partial charge in [-0.3, -0.25) is 0 Å². The molecular formula is C22H28F3N5O4. The van der Waals surface area contributed by atoms with Crippen molar-refractivity contribution in [3.05, 3.63) is 34.4 Å². The number of halogens is 3. The van der Waals surface area contributed by atoms with E-state index < -0.39 is 23.6 Å². The van der Waals surface area contributed by atoms with Crippen LogP contribution in [-0.4, -0.2) is 54.7 Å². The molecule has 1 saturated heterocycles. The maximum atomic E-state index is 13.3. The summed E-state index contributed by atoms with van der Waals surface area (Å²) < 4.78 is 49.6. The van der Waals surface area contributed by atoms with Crippen LogP contribution in [0.2, 0.25) is 0 Å². The molecule has 0 aliphatic carbocycles. The number of benzene rings is 1. The number of carbonyl (C=O) groups excluding carboxylic acids is 1. The topological polar surface area (TPSA) is 118 Å². The molecule has 1 fully saturated rings. The zero-order valence-electron chi connectivity index (χ0n) is 19.2. The highest BCUT2D eigenvalue weighted by molar-refractivity contribution is 5.76. The van der Waals surface area contributed by atoms with E-state index in [2.05, 4.69) is 30.9 Å². The molecule has 0 radical (unpaired) electrons. The van der Waals surface area contributed by atoms with E-state index in [1.807, 2.05) is 0 Å². The summed E-state index contributed by atoms with van der Waals surface area (Å²) in [5.41, 5.74) is 0.490. The number of alkyl halides is 3. The van der Waals surface area contributed by atoms with E-state index in [9.17, 15) is 23.1 Å². The molecule has 0 spiro atoms. The van der Waals surface area contributed by atoms with Crippen LogP contribution < -0.4 is 16.0 Å². The van der Waals surface area contributed by atoms with E-state index in [1.165, 1.54) is 14.2 Å². The van der Waals surface area contributed by atoms with Gasteiger partial charge in [0, 0.05) is 30.8 Å². The van der Waals surface area contributed by atoms with Crippen LogP contribution in [0.25, 0.3) is 11.3 Å². The Balaban J connectivity index is 2.10. The third-order valence-corrected chi connectivity index (χ3v) is 5.64. The van der Waals surface area contributed by atoms with Crippen molar-refractivity contribution in [1.82, 2.24) is 20.8 Å². The number of aromatic nitrogens is 2. The first kappa shape index (κ1) is 25.5. The Hall–Kier alpha value is -3.12. The SMILES string of the molecule is COCc1cc(C(F)(F)F)cc(O)c1-c1nnc(NC2CCCNC2)c(CNC(=O)OC)c1C. The molecule has 1 aliphatic heterocycles. The van der Waals surface area contributed by atoms with Crippen LogP contribution in [0.4, 0.5) is 23.8 Å². The number of phenols is 1. The molecule has 4 N–H and O–H groups in total. The number of piperidine rings is 1. The van der Waals surface area contributed by atoms with E-state index in [0.29, 0.717) is 23.0 Å². The quantitative estimate of drug-likeness (QED) is 0.474. The highest BCUT2D eigenvalue weighted by Gasteiger charge is 2.33.